The lowest BCUT2D eigenvalue weighted by Gasteiger charge is -2.33. The second-order valence-corrected chi connectivity index (χ2v) is 9.00. The first-order valence-electron chi connectivity index (χ1n) is 11.1. The topological polar surface area (TPSA) is 114 Å². The summed E-state index contributed by atoms with van der Waals surface area (Å²) in [6.45, 7) is 6.30. The zero-order valence-corrected chi connectivity index (χ0v) is 18.8. The van der Waals surface area contributed by atoms with Gasteiger partial charge in [-0.15, -0.1) is 0 Å². The van der Waals surface area contributed by atoms with E-state index >= 15 is 0 Å². The van der Waals surface area contributed by atoms with E-state index in [4.69, 9.17) is 9.47 Å². The molecule has 1 saturated heterocycles. The Labute approximate surface area is 187 Å². The average molecular weight is 446 g/mol. The van der Waals surface area contributed by atoms with Crippen molar-refractivity contribution in [1.29, 1.82) is 0 Å². The maximum Gasteiger partial charge on any atom is 0.344 e. The van der Waals surface area contributed by atoms with Crippen LogP contribution in [0.3, 0.4) is 0 Å². The van der Waals surface area contributed by atoms with Crippen molar-refractivity contribution >= 4 is 23.8 Å². The summed E-state index contributed by atoms with van der Waals surface area (Å²) < 4.78 is 10.6. The van der Waals surface area contributed by atoms with Gasteiger partial charge in [0, 0.05) is 0 Å². The van der Waals surface area contributed by atoms with Crippen LogP contribution in [0.2, 0.25) is 0 Å². The van der Waals surface area contributed by atoms with Gasteiger partial charge in [-0.2, -0.15) is 5.01 Å². The second-order valence-electron chi connectivity index (χ2n) is 9.00. The molecule has 0 bridgehead atoms. The highest BCUT2D eigenvalue weighted by atomic mass is 16.5. The van der Waals surface area contributed by atoms with Crippen molar-refractivity contribution in [1.82, 2.24) is 15.8 Å². The molecule has 1 aromatic carbocycles. The second kappa shape index (κ2) is 10.0. The molecule has 1 saturated carbocycles. The van der Waals surface area contributed by atoms with Crippen LogP contribution in [0.5, 0.6) is 5.75 Å². The summed E-state index contributed by atoms with van der Waals surface area (Å²) in [7, 11) is 0. The normalized spacial score (nSPS) is 22.8. The fourth-order valence-electron chi connectivity index (χ4n) is 3.79. The number of hydrogen-bond donors (Lipinski definition) is 2. The summed E-state index contributed by atoms with van der Waals surface area (Å²) in [6.07, 6.45) is 3.66. The number of carbonyl (C=O) groups excluding carboxylic acids is 4. The highest BCUT2D eigenvalue weighted by molar-refractivity contribution is 6.08. The van der Waals surface area contributed by atoms with Crippen LogP contribution >= 0.6 is 0 Å². The van der Waals surface area contributed by atoms with Crippen LogP contribution in [-0.2, 0) is 14.3 Å². The Balaban J connectivity index is 1.47. The number of imide groups is 1. The Kier molecular flexibility index (Phi) is 7.37. The summed E-state index contributed by atoms with van der Waals surface area (Å²) in [6, 6.07) is 5.76. The van der Waals surface area contributed by atoms with Gasteiger partial charge >= 0.3 is 12.0 Å². The number of hydrazine groups is 1. The van der Waals surface area contributed by atoms with E-state index in [1.807, 2.05) is 0 Å². The van der Waals surface area contributed by atoms with Crippen molar-refractivity contribution in [2.45, 2.75) is 58.4 Å². The molecular formula is C23H31N3O6. The molecule has 1 aliphatic carbocycles. The van der Waals surface area contributed by atoms with Crippen molar-refractivity contribution in [3.05, 3.63) is 29.8 Å². The molecule has 4 amide bonds. The number of carbonyl (C=O) groups is 4. The number of nitrogens with zero attached hydrogens (tertiary/aromatic N) is 1. The van der Waals surface area contributed by atoms with Crippen LogP contribution in [0.25, 0.3) is 0 Å². The molecule has 174 valence electrons. The average Bonchev–Trinajstić information content (AvgIpc) is 2.98. The fraction of sp³-hybridized carbons (Fsp3) is 0.565. The van der Waals surface area contributed by atoms with E-state index in [-0.39, 0.29) is 5.56 Å². The minimum absolute atomic E-state index is 0.263. The molecule has 1 aliphatic heterocycles. The van der Waals surface area contributed by atoms with E-state index in [9.17, 15) is 19.2 Å². The van der Waals surface area contributed by atoms with E-state index in [1.165, 1.54) is 0 Å². The minimum Gasteiger partial charge on any atom is -0.494 e. The van der Waals surface area contributed by atoms with Crippen LogP contribution in [0.15, 0.2) is 24.3 Å². The van der Waals surface area contributed by atoms with Crippen molar-refractivity contribution < 1.29 is 28.7 Å². The Morgan fingerprint density at radius 3 is 2.47 bits per heavy atom. The summed E-state index contributed by atoms with van der Waals surface area (Å²) >= 11 is 0. The molecule has 2 fully saturated rings. The van der Waals surface area contributed by atoms with Gasteiger partial charge in [0.15, 0.2) is 6.61 Å². The number of rotatable bonds is 8. The van der Waals surface area contributed by atoms with Gasteiger partial charge in [0.25, 0.3) is 11.8 Å². The highest BCUT2D eigenvalue weighted by Crippen LogP contribution is 2.35. The van der Waals surface area contributed by atoms with Gasteiger partial charge in [-0.1, -0.05) is 20.8 Å². The number of nitrogens with one attached hydrogen (secondary N) is 2. The van der Waals surface area contributed by atoms with Gasteiger partial charge in [-0.25, -0.2) is 9.59 Å². The minimum atomic E-state index is -0.952. The number of esters is 1. The highest BCUT2D eigenvalue weighted by Gasteiger charge is 2.52. The summed E-state index contributed by atoms with van der Waals surface area (Å²) in [5.74, 6) is -0.254. The van der Waals surface area contributed by atoms with Crippen molar-refractivity contribution in [2.75, 3.05) is 13.2 Å². The fourth-order valence-corrected chi connectivity index (χ4v) is 3.79. The third kappa shape index (κ3) is 5.57. The van der Waals surface area contributed by atoms with Crippen LogP contribution < -0.4 is 15.5 Å². The molecule has 32 heavy (non-hydrogen) atoms. The van der Waals surface area contributed by atoms with E-state index in [0.29, 0.717) is 42.0 Å². The van der Waals surface area contributed by atoms with E-state index < -0.39 is 36.0 Å². The number of urea groups is 1. The third-order valence-electron chi connectivity index (χ3n) is 5.91. The van der Waals surface area contributed by atoms with Crippen molar-refractivity contribution in [3.63, 3.8) is 0 Å². The summed E-state index contributed by atoms with van der Waals surface area (Å²) in [4.78, 5) is 49.4. The molecular weight excluding hydrogens is 414 g/mol. The number of amides is 4. The number of hydrogen-bond acceptors (Lipinski definition) is 6. The van der Waals surface area contributed by atoms with Gasteiger partial charge in [-0.3, -0.25) is 15.0 Å². The number of ether oxygens (including phenoxy) is 2. The Morgan fingerprint density at radius 1 is 1.19 bits per heavy atom. The maximum absolute atomic E-state index is 12.7. The summed E-state index contributed by atoms with van der Waals surface area (Å²) in [5, 5.41) is 3.40. The quantitative estimate of drug-likeness (QED) is 0.470. The van der Waals surface area contributed by atoms with Crippen LogP contribution in [0, 0.1) is 11.8 Å². The standard InChI is InChI=1S/C23H31N3O6/c1-15(2)10-13-31-18-6-4-17(5-7-18)20(28)32-14-19(27)25-26-21(29)23(24-22(26)30)11-8-16(3)9-12-23/h4-7,15-16H,8-14H2,1-3H3,(H,24,30)(H,25,27). The molecule has 0 unspecified atom stereocenters. The van der Waals surface area contributed by atoms with Gasteiger partial charge in [0.05, 0.1) is 12.2 Å². The smallest absolute Gasteiger partial charge is 0.344 e. The van der Waals surface area contributed by atoms with Crippen LogP contribution in [0.1, 0.15) is 63.2 Å². The Morgan fingerprint density at radius 2 is 1.84 bits per heavy atom. The first kappa shape index (κ1) is 23.6. The molecule has 3 rings (SSSR count). The Hall–Kier alpha value is -3.10. The van der Waals surface area contributed by atoms with Crippen molar-refractivity contribution in [3.8, 4) is 5.75 Å². The first-order valence-corrected chi connectivity index (χ1v) is 11.1. The monoisotopic (exact) mass is 445 g/mol. The molecule has 0 atom stereocenters. The number of benzene rings is 1. The molecule has 1 heterocycles. The van der Waals surface area contributed by atoms with Gasteiger partial charge in [0.1, 0.15) is 11.3 Å². The van der Waals surface area contributed by atoms with E-state index in [1.54, 1.807) is 24.3 Å². The lowest BCUT2D eigenvalue weighted by molar-refractivity contribution is -0.141. The van der Waals surface area contributed by atoms with Crippen LogP contribution in [0.4, 0.5) is 4.79 Å². The van der Waals surface area contributed by atoms with Gasteiger partial charge in [-0.05, 0) is 68.2 Å². The molecule has 2 N–H and O–H groups in total. The predicted molar refractivity (Wildman–Crippen MR) is 116 cm³/mol. The lowest BCUT2D eigenvalue weighted by Crippen LogP contribution is -2.52. The maximum atomic E-state index is 12.7. The SMILES string of the molecule is CC(C)CCOc1ccc(C(=O)OCC(=O)NN2C(=O)NC3(CCC(C)CC3)C2=O)cc1. The molecule has 9 nitrogen and oxygen atoms in total. The molecule has 9 heteroatoms. The molecule has 0 radical (unpaired) electrons. The molecule has 1 aromatic rings. The van der Waals surface area contributed by atoms with Crippen molar-refractivity contribution in [2.24, 2.45) is 11.8 Å². The van der Waals surface area contributed by atoms with Gasteiger partial charge < -0.3 is 14.8 Å². The zero-order chi connectivity index (χ0) is 23.3. The third-order valence-corrected chi connectivity index (χ3v) is 5.91. The molecule has 2 aliphatic rings. The largest absolute Gasteiger partial charge is 0.494 e. The van der Waals surface area contributed by atoms with Gasteiger partial charge in [0.2, 0.25) is 0 Å². The van der Waals surface area contributed by atoms with E-state index in [2.05, 4.69) is 31.5 Å². The molecule has 0 aromatic heterocycles. The molecule has 1 spiro atoms. The van der Waals surface area contributed by atoms with Crippen LogP contribution in [-0.4, -0.2) is 47.6 Å². The summed E-state index contributed by atoms with van der Waals surface area (Å²) in [5.41, 5.74) is 1.56. The Bertz CT molecular complexity index is 859. The zero-order valence-electron chi connectivity index (χ0n) is 18.8. The van der Waals surface area contributed by atoms with E-state index in [0.717, 1.165) is 19.3 Å². The first-order chi connectivity index (χ1) is 15.2. The lowest BCUT2D eigenvalue weighted by atomic mass is 9.77. The predicted octanol–water partition coefficient (Wildman–Crippen LogP) is 2.80.